The summed E-state index contributed by atoms with van der Waals surface area (Å²) in [5, 5.41) is 19.9. The van der Waals surface area contributed by atoms with Crippen LogP contribution in [-0.4, -0.2) is 41.3 Å². The highest BCUT2D eigenvalue weighted by molar-refractivity contribution is 5.88. The number of nitrogens with two attached hydrogens (primary N) is 1. The molecule has 0 aromatic carbocycles. The zero-order valence-electron chi connectivity index (χ0n) is 9.11. The quantitative estimate of drug-likeness (QED) is 0.471. The van der Waals surface area contributed by atoms with Gasteiger partial charge in [0.25, 0.3) is 0 Å². The van der Waals surface area contributed by atoms with Crippen LogP contribution in [0.1, 0.15) is 25.7 Å². The van der Waals surface area contributed by atoms with E-state index in [0.29, 0.717) is 12.8 Å². The molecule has 0 aliphatic heterocycles. The molecule has 1 unspecified atom stereocenters. The molecule has 1 rings (SSSR count). The molecule has 0 aromatic heterocycles. The Balaban J connectivity index is 2.57. The summed E-state index contributed by atoms with van der Waals surface area (Å²) in [6.07, 6.45) is 2.38. The Morgan fingerprint density at radius 3 is 2.38 bits per heavy atom. The number of carbonyl (C=O) groups excluding carboxylic acids is 1. The number of nitrogens with one attached hydrogen (secondary N) is 1. The largest absolute Gasteiger partial charge is 0.480 e. The molecule has 0 heterocycles. The molecule has 1 saturated carbocycles. The molecule has 92 valence electrons. The molecule has 0 saturated heterocycles. The van der Waals surface area contributed by atoms with Crippen molar-refractivity contribution in [3.63, 3.8) is 0 Å². The van der Waals surface area contributed by atoms with E-state index in [1.54, 1.807) is 0 Å². The normalized spacial score (nSPS) is 19.6. The van der Waals surface area contributed by atoms with E-state index >= 15 is 0 Å². The van der Waals surface area contributed by atoms with Gasteiger partial charge in [0.1, 0.15) is 6.04 Å². The Morgan fingerprint density at radius 1 is 1.44 bits per heavy atom. The fourth-order valence-electron chi connectivity index (χ4n) is 1.83. The van der Waals surface area contributed by atoms with Crippen LogP contribution in [0.5, 0.6) is 0 Å². The lowest BCUT2D eigenvalue weighted by Gasteiger charge is -2.39. The maximum atomic E-state index is 11.8. The first kappa shape index (κ1) is 12.9. The molecular formula is C10H18N2O4. The van der Waals surface area contributed by atoms with Gasteiger partial charge in [-0.25, -0.2) is 4.79 Å². The monoisotopic (exact) mass is 230 g/mol. The molecule has 0 radical (unpaired) electrons. The van der Waals surface area contributed by atoms with Gasteiger partial charge in [0.15, 0.2) is 0 Å². The van der Waals surface area contributed by atoms with E-state index in [4.69, 9.17) is 15.9 Å². The summed E-state index contributed by atoms with van der Waals surface area (Å²) in [5.41, 5.74) is 4.96. The number of amides is 1. The average molecular weight is 230 g/mol. The summed E-state index contributed by atoms with van der Waals surface area (Å²) in [4.78, 5) is 22.6. The Labute approximate surface area is 93.8 Å². The average Bonchev–Trinajstić information content (AvgIpc) is 2.16. The molecule has 0 aromatic rings. The number of aliphatic hydroxyl groups excluding tert-OH is 1. The van der Waals surface area contributed by atoms with Crippen LogP contribution in [-0.2, 0) is 9.59 Å². The van der Waals surface area contributed by atoms with Gasteiger partial charge in [0.2, 0.25) is 5.91 Å². The van der Waals surface area contributed by atoms with Gasteiger partial charge in [-0.1, -0.05) is 6.42 Å². The first-order chi connectivity index (χ1) is 7.55. The minimum atomic E-state index is -1.13. The number of hydrogen-bond donors (Lipinski definition) is 4. The van der Waals surface area contributed by atoms with Gasteiger partial charge in [-0.3, -0.25) is 4.79 Å². The number of carboxylic acid groups (broad SMARTS) is 1. The summed E-state index contributed by atoms with van der Waals surface area (Å²) < 4.78 is 0. The van der Waals surface area contributed by atoms with Crippen molar-refractivity contribution in [2.75, 3.05) is 13.2 Å². The van der Waals surface area contributed by atoms with Crippen LogP contribution in [0.2, 0.25) is 0 Å². The predicted octanol–water partition coefficient (Wildman–Crippen LogP) is -0.933. The van der Waals surface area contributed by atoms with Crippen molar-refractivity contribution in [2.45, 2.75) is 31.7 Å². The summed E-state index contributed by atoms with van der Waals surface area (Å²) in [7, 11) is 0. The molecular weight excluding hydrogens is 212 g/mol. The number of rotatable bonds is 6. The maximum absolute atomic E-state index is 11.8. The molecule has 5 N–H and O–H groups in total. The van der Waals surface area contributed by atoms with Crippen molar-refractivity contribution >= 4 is 11.9 Å². The van der Waals surface area contributed by atoms with Gasteiger partial charge < -0.3 is 21.3 Å². The van der Waals surface area contributed by atoms with Crippen molar-refractivity contribution in [3.05, 3.63) is 0 Å². The number of carbonyl (C=O) groups is 2. The summed E-state index contributed by atoms with van der Waals surface area (Å²) in [6, 6.07) is -1.03. The Morgan fingerprint density at radius 2 is 2.06 bits per heavy atom. The van der Waals surface area contributed by atoms with Crippen LogP contribution in [0.15, 0.2) is 0 Å². The van der Waals surface area contributed by atoms with Crippen molar-refractivity contribution in [2.24, 2.45) is 11.1 Å². The van der Waals surface area contributed by atoms with E-state index in [0.717, 1.165) is 6.42 Å². The lowest BCUT2D eigenvalue weighted by atomic mass is 9.68. The molecule has 1 aliphatic rings. The molecule has 0 spiro atoms. The van der Waals surface area contributed by atoms with Crippen LogP contribution in [0.4, 0.5) is 0 Å². The number of aliphatic hydroxyl groups is 1. The molecule has 1 atom stereocenters. The van der Waals surface area contributed by atoms with Crippen LogP contribution >= 0.6 is 0 Å². The maximum Gasteiger partial charge on any atom is 0.326 e. The Bertz CT molecular complexity index is 270. The second-order valence-electron chi connectivity index (χ2n) is 4.21. The van der Waals surface area contributed by atoms with Crippen LogP contribution in [0.25, 0.3) is 0 Å². The third kappa shape index (κ3) is 2.51. The predicted molar refractivity (Wildman–Crippen MR) is 56.6 cm³/mol. The van der Waals surface area contributed by atoms with Gasteiger partial charge in [-0.2, -0.15) is 0 Å². The van der Waals surface area contributed by atoms with Crippen molar-refractivity contribution in [1.29, 1.82) is 0 Å². The molecule has 1 aliphatic carbocycles. The third-order valence-electron chi connectivity index (χ3n) is 3.20. The van der Waals surface area contributed by atoms with Crippen molar-refractivity contribution in [1.82, 2.24) is 5.32 Å². The smallest absolute Gasteiger partial charge is 0.326 e. The summed E-state index contributed by atoms with van der Waals surface area (Å²) in [5.74, 6) is -1.43. The molecule has 1 fully saturated rings. The first-order valence-corrected chi connectivity index (χ1v) is 5.40. The van der Waals surface area contributed by atoms with Gasteiger partial charge in [-0.15, -0.1) is 0 Å². The highest BCUT2D eigenvalue weighted by Crippen LogP contribution is 2.40. The van der Waals surface area contributed by atoms with E-state index in [-0.39, 0.29) is 25.5 Å². The minimum Gasteiger partial charge on any atom is -0.480 e. The highest BCUT2D eigenvalue weighted by atomic mass is 16.4. The Kier molecular flexibility index (Phi) is 4.26. The van der Waals surface area contributed by atoms with E-state index < -0.39 is 17.4 Å². The van der Waals surface area contributed by atoms with E-state index in [1.165, 1.54) is 0 Å². The molecule has 1 amide bonds. The van der Waals surface area contributed by atoms with Crippen LogP contribution in [0.3, 0.4) is 0 Å². The fraction of sp³-hybridized carbons (Fsp3) is 0.800. The highest BCUT2D eigenvalue weighted by Gasteiger charge is 2.43. The summed E-state index contributed by atoms with van der Waals surface area (Å²) in [6.45, 7) is -0.0306. The molecule has 6 nitrogen and oxygen atoms in total. The van der Waals surface area contributed by atoms with Crippen LogP contribution in [0, 0.1) is 5.41 Å². The van der Waals surface area contributed by atoms with E-state index in [9.17, 15) is 9.59 Å². The fourth-order valence-corrected chi connectivity index (χ4v) is 1.83. The lowest BCUT2D eigenvalue weighted by molar-refractivity contribution is -0.145. The molecule has 6 heteroatoms. The number of carboxylic acids is 1. The third-order valence-corrected chi connectivity index (χ3v) is 3.20. The van der Waals surface area contributed by atoms with E-state index in [1.807, 2.05) is 0 Å². The van der Waals surface area contributed by atoms with Crippen molar-refractivity contribution < 1.29 is 19.8 Å². The van der Waals surface area contributed by atoms with Crippen molar-refractivity contribution in [3.8, 4) is 0 Å². The lowest BCUT2D eigenvalue weighted by Crippen LogP contribution is -2.54. The minimum absolute atomic E-state index is 0.0156. The molecule has 0 bridgehead atoms. The SMILES string of the molecule is NCC1(C(=O)NC(CCO)C(=O)O)CCC1. The van der Waals surface area contributed by atoms with E-state index in [2.05, 4.69) is 5.32 Å². The van der Waals surface area contributed by atoms with Gasteiger partial charge in [-0.05, 0) is 12.8 Å². The van der Waals surface area contributed by atoms with Crippen LogP contribution < -0.4 is 11.1 Å². The second-order valence-corrected chi connectivity index (χ2v) is 4.21. The first-order valence-electron chi connectivity index (χ1n) is 5.40. The van der Waals surface area contributed by atoms with Gasteiger partial charge in [0.05, 0.1) is 5.41 Å². The standard InChI is InChI=1S/C10H18N2O4/c11-6-10(3-1-4-10)9(16)12-7(2-5-13)8(14)15/h7,13H,1-6,11H2,(H,12,16)(H,14,15). The molecule has 16 heavy (non-hydrogen) atoms. The zero-order valence-corrected chi connectivity index (χ0v) is 9.11. The number of aliphatic carboxylic acids is 1. The number of hydrogen-bond acceptors (Lipinski definition) is 4. The summed E-state index contributed by atoms with van der Waals surface area (Å²) >= 11 is 0. The Hall–Kier alpha value is -1.14. The van der Waals surface area contributed by atoms with Gasteiger partial charge >= 0.3 is 5.97 Å². The zero-order chi connectivity index (χ0) is 12.2. The topological polar surface area (TPSA) is 113 Å². The van der Waals surface area contributed by atoms with Gasteiger partial charge in [0, 0.05) is 19.6 Å². The second kappa shape index (κ2) is 5.27.